The van der Waals surface area contributed by atoms with E-state index in [1.807, 2.05) is 30.3 Å². The largest absolute Gasteiger partial charge is 0.460 e. The van der Waals surface area contributed by atoms with Crippen molar-refractivity contribution >= 4 is 29.6 Å². The van der Waals surface area contributed by atoms with Gasteiger partial charge in [0.1, 0.15) is 48.6 Å². The molecule has 4 N–H and O–H groups in total. The zero-order valence-corrected chi connectivity index (χ0v) is 29.0. The Bertz CT molecular complexity index is 1290. The average Bonchev–Trinajstić information content (AvgIpc) is 2.99. The van der Waals surface area contributed by atoms with E-state index in [9.17, 15) is 24.0 Å². The predicted octanol–water partition coefficient (Wildman–Crippen LogP) is 0.908. The lowest BCUT2D eigenvalue weighted by Crippen LogP contribution is -2.69. The Balaban J connectivity index is 1.69. The number of nitrogens with one attached hydrogen (secondary N) is 2. The van der Waals surface area contributed by atoms with Crippen LogP contribution in [0.2, 0.25) is 0 Å². The highest BCUT2D eigenvalue weighted by Crippen LogP contribution is 2.36. The molecule has 15 nitrogen and oxygen atoms in total. The lowest BCUT2D eigenvalue weighted by Gasteiger charge is -2.52. The van der Waals surface area contributed by atoms with Crippen molar-refractivity contribution < 1.29 is 52.4 Å². The number of esters is 1. The molecule has 0 aromatic heterocycles. The number of amides is 4. The number of carbonyl (C=O) groups excluding carboxylic acids is 5. The molecule has 48 heavy (non-hydrogen) atoms. The van der Waals surface area contributed by atoms with Crippen LogP contribution in [0.3, 0.4) is 0 Å². The van der Waals surface area contributed by atoms with Gasteiger partial charge in [0.25, 0.3) is 0 Å². The number of fused-ring (bicyclic) bond motifs is 1. The minimum atomic E-state index is -1.16. The highest BCUT2D eigenvalue weighted by Gasteiger charge is 2.54. The minimum Gasteiger partial charge on any atom is -0.460 e. The molecule has 1 aromatic carbocycles. The molecule has 2 saturated heterocycles. The molecule has 2 heterocycles. The third-order valence-electron chi connectivity index (χ3n) is 7.73. The van der Waals surface area contributed by atoms with E-state index in [1.165, 1.54) is 18.7 Å². The van der Waals surface area contributed by atoms with Gasteiger partial charge in [-0.15, -0.1) is 0 Å². The van der Waals surface area contributed by atoms with Gasteiger partial charge in [-0.25, -0.2) is 0 Å². The summed E-state index contributed by atoms with van der Waals surface area (Å²) < 4.78 is 35.9. The lowest BCUT2D eigenvalue weighted by molar-refractivity contribution is -0.378. The predicted molar refractivity (Wildman–Crippen MR) is 171 cm³/mol. The summed E-state index contributed by atoms with van der Waals surface area (Å²) in [4.78, 5) is 64.1. The van der Waals surface area contributed by atoms with Crippen molar-refractivity contribution in [3.8, 4) is 0 Å². The van der Waals surface area contributed by atoms with Crippen LogP contribution in [0, 0.1) is 0 Å². The summed E-state index contributed by atoms with van der Waals surface area (Å²) in [6.07, 6.45) is -3.47. The second-order valence-electron chi connectivity index (χ2n) is 13.4. The molecule has 268 valence electrons. The minimum absolute atomic E-state index is 0.0787. The maximum atomic E-state index is 13.1. The van der Waals surface area contributed by atoms with Crippen molar-refractivity contribution in [1.29, 1.82) is 0 Å². The van der Waals surface area contributed by atoms with Gasteiger partial charge in [0, 0.05) is 20.4 Å². The van der Waals surface area contributed by atoms with Crippen molar-refractivity contribution in [2.24, 2.45) is 5.73 Å². The third-order valence-corrected chi connectivity index (χ3v) is 7.73. The van der Waals surface area contributed by atoms with E-state index in [-0.39, 0.29) is 32.0 Å². The Morgan fingerprint density at radius 2 is 1.75 bits per heavy atom. The van der Waals surface area contributed by atoms with Crippen LogP contribution in [0.1, 0.15) is 66.9 Å². The SMILES string of the molecule is CC(=O)N(C)[C@H]1[C@@H](OCc2ccccc2)O[C@@H]2COC(C)(C)O[C@H]2[C@@H]1OCC(=O)NC(C)C(=O)NC(CCC(=O)OC(C)(C)C)C(N)=O. The summed E-state index contributed by atoms with van der Waals surface area (Å²) in [7, 11) is 1.58. The number of hydrogen-bond donors (Lipinski definition) is 3. The van der Waals surface area contributed by atoms with Crippen molar-refractivity contribution in [3.05, 3.63) is 35.9 Å². The second kappa shape index (κ2) is 16.7. The number of carbonyl (C=O) groups is 5. The first kappa shape index (κ1) is 38.8. The number of ether oxygens (including phenoxy) is 6. The molecule has 1 aromatic rings. The number of nitrogens with two attached hydrogens (primary N) is 1. The highest BCUT2D eigenvalue weighted by molar-refractivity contribution is 5.91. The van der Waals surface area contributed by atoms with Crippen LogP contribution in [0.25, 0.3) is 0 Å². The zero-order chi connectivity index (χ0) is 35.8. The van der Waals surface area contributed by atoms with Crippen molar-refractivity contribution in [3.63, 3.8) is 0 Å². The molecule has 2 aliphatic heterocycles. The first-order valence-corrected chi connectivity index (χ1v) is 16.0. The third kappa shape index (κ3) is 11.5. The summed E-state index contributed by atoms with van der Waals surface area (Å²) in [5, 5.41) is 5.02. The number of likely N-dealkylation sites (N-methyl/N-ethyl adjacent to an activating group) is 1. The van der Waals surface area contributed by atoms with Crippen LogP contribution in [0.15, 0.2) is 30.3 Å². The monoisotopic (exact) mass is 678 g/mol. The van der Waals surface area contributed by atoms with Crippen LogP contribution in [-0.4, -0.2) is 109 Å². The fourth-order valence-corrected chi connectivity index (χ4v) is 5.27. The van der Waals surface area contributed by atoms with E-state index in [2.05, 4.69) is 10.6 Å². The van der Waals surface area contributed by atoms with Gasteiger partial charge < -0.3 is 49.7 Å². The van der Waals surface area contributed by atoms with Crippen molar-refractivity contribution in [2.75, 3.05) is 20.3 Å². The highest BCUT2D eigenvalue weighted by atomic mass is 16.8. The quantitative estimate of drug-likeness (QED) is 0.237. The van der Waals surface area contributed by atoms with Gasteiger partial charge >= 0.3 is 5.97 Å². The maximum Gasteiger partial charge on any atom is 0.306 e. The fraction of sp³-hybridized carbons (Fsp3) is 0.667. The van der Waals surface area contributed by atoms with Crippen LogP contribution in [0.5, 0.6) is 0 Å². The molecule has 15 heteroatoms. The standard InChI is InChI=1S/C33H50N4O11/c1-19(30(42)36-22(29(34)41)14-15-25(40)47-32(3,4)5)35-24(39)18-43-28-26(37(8)20(2)38)31(44-16-21-12-10-9-11-13-21)46-23-17-45-33(6,7)48-27(23)28/h9-13,19,22-23,26-28,31H,14-18H2,1-8H3,(H2,34,41)(H,35,39)(H,36,42)/t19?,22?,23-,26-,27-,28-,31+/m1/s1. The van der Waals surface area contributed by atoms with E-state index >= 15 is 0 Å². The normalized spacial score (nSPS) is 24.7. The summed E-state index contributed by atoms with van der Waals surface area (Å²) in [5.74, 6) is -4.02. The molecule has 0 saturated carbocycles. The molecule has 2 fully saturated rings. The first-order chi connectivity index (χ1) is 22.4. The van der Waals surface area contributed by atoms with E-state index in [4.69, 9.17) is 34.2 Å². The molecule has 4 amide bonds. The Kier molecular flexibility index (Phi) is 13.5. The van der Waals surface area contributed by atoms with Crippen LogP contribution in [-0.2, 0) is 59.0 Å². The van der Waals surface area contributed by atoms with Gasteiger partial charge in [-0.2, -0.15) is 0 Å². The molecular formula is C33H50N4O11. The number of benzene rings is 1. The molecule has 2 aliphatic rings. The van der Waals surface area contributed by atoms with Gasteiger partial charge in [0.05, 0.1) is 13.2 Å². The maximum absolute atomic E-state index is 13.1. The average molecular weight is 679 g/mol. The summed E-state index contributed by atoms with van der Waals surface area (Å²) in [6.45, 7) is 11.3. The molecule has 3 rings (SSSR count). The topological polar surface area (TPSA) is 194 Å². The van der Waals surface area contributed by atoms with Gasteiger partial charge in [-0.05, 0) is 53.5 Å². The van der Waals surface area contributed by atoms with Gasteiger partial charge in [0.15, 0.2) is 12.1 Å². The summed E-state index contributed by atoms with van der Waals surface area (Å²) in [5.41, 5.74) is 5.62. The summed E-state index contributed by atoms with van der Waals surface area (Å²) in [6, 6.07) is 6.36. The van der Waals surface area contributed by atoms with Crippen molar-refractivity contribution in [1.82, 2.24) is 15.5 Å². The second-order valence-corrected chi connectivity index (χ2v) is 13.4. The Hall–Kier alpha value is -3.63. The van der Waals surface area contributed by atoms with Gasteiger partial charge in [-0.1, -0.05) is 30.3 Å². The molecule has 0 radical (unpaired) electrons. The number of primary amides is 1. The molecule has 7 atom stereocenters. The summed E-state index contributed by atoms with van der Waals surface area (Å²) >= 11 is 0. The molecule has 0 aliphatic carbocycles. The van der Waals surface area contributed by atoms with Crippen LogP contribution < -0.4 is 16.4 Å². The molecule has 0 spiro atoms. The number of hydrogen-bond acceptors (Lipinski definition) is 11. The van der Waals surface area contributed by atoms with Gasteiger partial charge in [-0.3, -0.25) is 24.0 Å². The Morgan fingerprint density at radius 1 is 1.08 bits per heavy atom. The smallest absolute Gasteiger partial charge is 0.306 e. The fourth-order valence-electron chi connectivity index (χ4n) is 5.27. The zero-order valence-electron chi connectivity index (χ0n) is 29.0. The number of rotatable bonds is 14. The van der Waals surface area contributed by atoms with E-state index < -0.39 is 84.4 Å². The van der Waals surface area contributed by atoms with Gasteiger partial charge in [0.2, 0.25) is 23.6 Å². The molecule has 2 unspecified atom stereocenters. The Morgan fingerprint density at radius 3 is 2.35 bits per heavy atom. The Labute approximate surface area is 281 Å². The van der Waals surface area contributed by atoms with E-state index in [0.717, 1.165) is 5.56 Å². The molecule has 0 bridgehead atoms. The van der Waals surface area contributed by atoms with Crippen LogP contribution in [0.4, 0.5) is 0 Å². The van der Waals surface area contributed by atoms with Crippen LogP contribution >= 0.6 is 0 Å². The van der Waals surface area contributed by atoms with E-state index in [0.29, 0.717) is 0 Å². The molecular weight excluding hydrogens is 628 g/mol. The first-order valence-electron chi connectivity index (χ1n) is 16.0. The van der Waals surface area contributed by atoms with E-state index in [1.54, 1.807) is 41.7 Å². The number of nitrogens with zero attached hydrogens (tertiary/aromatic N) is 1. The van der Waals surface area contributed by atoms with Crippen molar-refractivity contribution in [2.45, 2.75) is 122 Å². The lowest BCUT2D eigenvalue weighted by atomic mass is 9.94.